The largest absolute Gasteiger partial charge is 1.00 e. The van der Waals surface area contributed by atoms with Gasteiger partial charge in [0.15, 0.2) is 0 Å². The zero-order chi connectivity index (χ0) is 8.36. The first-order valence-corrected chi connectivity index (χ1v) is 3.86. The number of nitrogens with two attached hydrogens (primary N) is 1. The van der Waals surface area contributed by atoms with Gasteiger partial charge in [-0.2, -0.15) is 8.42 Å². The number of carbonyl (C=O) groups is 1. The summed E-state index contributed by atoms with van der Waals surface area (Å²) in [7, 11) is -4.17. The first-order valence-electron chi connectivity index (χ1n) is 2.25. The molecule has 7 heteroatoms. The fourth-order valence-electron chi connectivity index (χ4n) is 0.291. The van der Waals surface area contributed by atoms with Gasteiger partial charge in [-0.15, -0.1) is 0 Å². The first-order chi connectivity index (χ1) is 4.33. The molecule has 0 atom stereocenters. The zero-order valence-electron chi connectivity index (χ0n) is 6.07. The van der Waals surface area contributed by atoms with E-state index in [9.17, 15) is 13.2 Å². The SMILES string of the molecule is C=C(CS(=O)(=O)O)C(N)=O.[Na+]. The fourth-order valence-corrected chi connectivity index (χ4v) is 0.874. The van der Waals surface area contributed by atoms with Crippen molar-refractivity contribution in [3.05, 3.63) is 12.2 Å². The van der Waals surface area contributed by atoms with Crippen LogP contribution in [0.4, 0.5) is 0 Å². The van der Waals surface area contributed by atoms with Gasteiger partial charge in [-0.05, 0) is 0 Å². The summed E-state index contributed by atoms with van der Waals surface area (Å²) < 4.78 is 28.2. The summed E-state index contributed by atoms with van der Waals surface area (Å²) in [6, 6.07) is 0. The molecule has 0 aliphatic heterocycles. The van der Waals surface area contributed by atoms with Crippen molar-refractivity contribution in [2.75, 3.05) is 5.75 Å². The van der Waals surface area contributed by atoms with Gasteiger partial charge in [0.1, 0.15) is 5.75 Å². The average Bonchev–Trinajstić information content (AvgIpc) is 1.60. The second-order valence-corrected chi connectivity index (χ2v) is 3.15. The predicted octanol–water partition coefficient (Wildman–Crippen LogP) is -4.08. The van der Waals surface area contributed by atoms with Crippen LogP contribution in [0, 0.1) is 0 Å². The van der Waals surface area contributed by atoms with Crippen LogP contribution in [0.1, 0.15) is 0 Å². The van der Waals surface area contributed by atoms with E-state index in [4.69, 9.17) is 4.55 Å². The van der Waals surface area contributed by atoms with E-state index in [-0.39, 0.29) is 35.1 Å². The normalized spacial score (nSPS) is 9.91. The predicted molar refractivity (Wildman–Crippen MR) is 34.7 cm³/mol. The molecule has 0 aromatic carbocycles. The van der Waals surface area contributed by atoms with Crippen LogP contribution in [-0.4, -0.2) is 24.6 Å². The van der Waals surface area contributed by atoms with Gasteiger partial charge in [0.2, 0.25) is 5.91 Å². The minimum atomic E-state index is -4.17. The molecule has 0 fully saturated rings. The molecule has 0 saturated carbocycles. The molecule has 0 aromatic rings. The standard InChI is InChI=1S/C4H7NO4S.Na/c1-3(4(5)6)2-10(7,8)9;/h1-2H2,(H2,5,6)(H,7,8,9);/q;+1. The van der Waals surface area contributed by atoms with Gasteiger partial charge in [0, 0.05) is 5.57 Å². The summed E-state index contributed by atoms with van der Waals surface area (Å²) >= 11 is 0. The Bertz CT molecular complexity index is 257. The van der Waals surface area contributed by atoms with Gasteiger partial charge >= 0.3 is 29.6 Å². The quantitative estimate of drug-likeness (QED) is 0.267. The molecular formula is C4H7NNaO4S+. The van der Waals surface area contributed by atoms with Crippen molar-refractivity contribution in [2.24, 2.45) is 5.73 Å². The van der Waals surface area contributed by atoms with Crippen molar-refractivity contribution >= 4 is 16.0 Å². The molecule has 0 unspecified atom stereocenters. The second-order valence-electron chi connectivity index (χ2n) is 1.69. The Kier molecular flexibility index (Phi) is 6.09. The molecule has 0 rings (SSSR count). The summed E-state index contributed by atoms with van der Waals surface area (Å²) in [5.41, 5.74) is 4.30. The van der Waals surface area contributed by atoms with Crippen molar-refractivity contribution < 1.29 is 47.3 Å². The maximum Gasteiger partial charge on any atom is 1.00 e. The summed E-state index contributed by atoms with van der Waals surface area (Å²) in [6.07, 6.45) is 0. The molecule has 0 aromatic heterocycles. The number of primary amides is 1. The van der Waals surface area contributed by atoms with E-state index in [0.717, 1.165) is 0 Å². The smallest absolute Gasteiger partial charge is 0.366 e. The van der Waals surface area contributed by atoms with Gasteiger partial charge < -0.3 is 5.73 Å². The Balaban J connectivity index is 0. The van der Waals surface area contributed by atoms with E-state index in [1.807, 2.05) is 0 Å². The Hall–Kier alpha value is 0.120. The molecule has 0 heterocycles. The Morgan fingerprint density at radius 3 is 2.00 bits per heavy atom. The third-order valence-electron chi connectivity index (χ3n) is 0.705. The van der Waals surface area contributed by atoms with E-state index >= 15 is 0 Å². The maximum absolute atomic E-state index is 10.1. The van der Waals surface area contributed by atoms with Gasteiger partial charge in [-0.25, -0.2) is 0 Å². The van der Waals surface area contributed by atoms with Crippen molar-refractivity contribution in [1.29, 1.82) is 0 Å². The second kappa shape index (κ2) is 4.89. The van der Waals surface area contributed by atoms with E-state index in [0.29, 0.717) is 0 Å². The topological polar surface area (TPSA) is 97.5 Å². The molecular weight excluding hydrogens is 181 g/mol. The fraction of sp³-hybridized carbons (Fsp3) is 0.250. The molecule has 0 aliphatic carbocycles. The van der Waals surface area contributed by atoms with Crippen LogP contribution in [0.3, 0.4) is 0 Å². The van der Waals surface area contributed by atoms with Crippen LogP contribution in [0.25, 0.3) is 0 Å². The van der Waals surface area contributed by atoms with Crippen LogP contribution in [0.5, 0.6) is 0 Å². The van der Waals surface area contributed by atoms with E-state index < -0.39 is 21.8 Å². The minimum Gasteiger partial charge on any atom is -0.366 e. The molecule has 1 amide bonds. The van der Waals surface area contributed by atoms with E-state index in [2.05, 4.69) is 12.3 Å². The number of amides is 1. The van der Waals surface area contributed by atoms with Gasteiger partial charge in [0.25, 0.3) is 10.1 Å². The number of hydrogen-bond acceptors (Lipinski definition) is 3. The average molecular weight is 188 g/mol. The van der Waals surface area contributed by atoms with E-state index in [1.54, 1.807) is 0 Å². The molecule has 0 aliphatic rings. The van der Waals surface area contributed by atoms with Gasteiger partial charge in [-0.3, -0.25) is 9.35 Å². The van der Waals surface area contributed by atoms with Crippen molar-refractivity contribution in [2.45, 2.75) is 0 Å². The van der Waals surface area contributed by atoms with Crippen molar-refractivity contribution in [3.63, 3.8) is 0 Å². The molecule has 5 nitrogen and oxygen atoms in total. The van der Waals surface area contributed by atoms with Crippen LogP contribution in [0.15, 0.2) is 12.2 Å². The Morgan fingerprint density at radius 2 is 1.91 bits per heavy atom. The third-order valence-corrected chi connectivity index (χ3v) is 1.42. The van der Waals surface area contributed by atoms with Crippen molar-refractivity contribution in [3.8, 4) is 0 Å². The maximum atomic E-state index is 10.1. The minimum absolute atomic E-state index is 0. The van der Waals surface area contributed by atoms with Gasteiger partial charge in [0.05, 0.1) is 0 Å². The summed E-state index contributed by atoms with van der Waals surface area (Å²) in [5.74, 6) is -1.74. The first kappa shape index (κ1) is 13.7. The Morgan fingerprint density at radius 1 is 1.55 bits per heavy atom. The van der Waals surface area contributed by atoms with Gasteiger partial charge in [-0.1, -0.05) is 6.58 Å². The van der Waals surface area contributed by atoms with Crippen LogP contribution in [0.2, 0.25) is 0 Å². The third kappa shape index (κ3) is 8.02. The molecule has 0 spiro atoms. The number of hydrogen-bond donors (Lipinski definition) is 2. The molecule has 0 saturated heterocycles. The monoisotopic (exact) mass is 188 g/mol. The molecule has 11 heavy (non-hydrogen) atoms. The van der Waals surface area contributed by atoms with Crippen molar-refractivity contribution in [1.82, 2.24) is 0 Å². The summed E-state index contributed by atoms with van der Waals surface area (Å²) in [5, 5.41) is 0. The number of carbonyl (C=O) groups excluding carboxylic acids is 1. The van der Waals surface area contributed by atoms with Crippen LogP contribution >= 0.6 is 0 Å². The summed E-state index contributed by atoms with van der Waals surface area (Å²) in [4.78, 5) is 10.1. The van der Waals surface area contributed by atoms with E-state index in [1.165, 1.54) is 0 Å². The molecule has 3 N–H and O–H groups in total. The Labute approximate surface area is 86.7 Å². The molecule has 58 valence electrons. The zero-order valence-corrected chi connectivity index (χ0v) is 8.89. The van der Waals surface area contributed by atoms with Crippen LogP contribution < -0.4 is 35.3 Å². The molecule has 0 radical (unpaired) electrons. The number of rotatable bonds is 3. The summed E-state index contributed by atoms with van der Waals surface area (Å²) in [6.45, 7) is 3.03. The molecule has 0 bridgehead atoms. The van der Waals surface area contributed by atoms with Crippen LogP contribution in [-0.2, 0) is 14.9 Å².